The van der Waals surface area contributed by atoms with Crippen LogP contribution in [0.25, 0.3) is 21.0 Å². The molecule has 0 bridgehead atoms. The van der Waals surface area contributed by atoms with Gasteiger partial charge in [-0.3, -0.25) is 0 Å². The molecule has 2 aromatic carbocycles. The number of hydrogen-bond donors (Lipinski definition) is 0. The number of anilines is 1. The van der Waals surface area contributed by atoms with Crippen LogP contribution < -0.4 is 4.90 Å². The van der Waals surface area contributed by atoms with Gasteiger partial charge in [-0.25, -0.2) is 18.4 Å². The number of hydrogen-bond acceptors (Lipinski definition) is 6. The Balaban J connectivity index is 1.39. The van der Waals surface area contributed by atoms with Crippen LogP contribution in [-0.2, 0) is 10.0 Å². The topological polar surface area (TPSA) is 66.4 Å². The first kappa shape index (κ1) is 18.5. The second-order valence-corrected chi connectivity index (χ2v) is 10.3. The van der Waals surface area contributed by atoms with Crippen molar-refractivity contribution in [3.63, 3.8) is 0 Å². The maximum Gasteiger partial charge on any atom is 0.243 e. The summed E-state index contributed by atoms with van der Waals surface area (Å²) in [5, 5.41) is 3.01. The molecule has 148 valence electrons. The van der Waals surface area contributed by atoms with Crippen LogP contribution in [0.4, 0.5) is 5.82 Å². The van der Waals surface area contributed by atoms with Gasteiger partial charge in [0.1, 0.15) is 17.0 Å². The van der Waals surface area contributed by atoms with Crippen LogP contribution in [0.5, 0.6) is 0 Å². The molecule has 1 fully saturated rings. The monoisotopic (exact) mass is 424 g/mol. The van der Waals surface area contributed by atoms with Crippen LogP contribution >= 0.6 is 11.3 Å². The van der Waals surface area contributed by atoms with Crippen LogP contribution in [0.1, 0.15) is 4.88 Å². The van der Waals surface area contributed by atoms with E-state index < -0.39 is 10.0 Å². The number of benzene rings is 2. The molecule has 29 heavy (non-hydrogen) atoms. The molecule has 0 spiro atoms. The number of nitrogens with zero attached hydrogens (tertiary/aromatic N) is 4. The normalized spacial score (nSPS) is 16.0. The van der Waals surface area contributed by atoms with Crippen LogP contribution in [0.2, 0.25) is 0 Å². The van der Waals surface area contributed by atoms with Crippen molar-refractivity contribution in [1.82, 2.24) is 14.3 Å². The van der Waals surface area contributed by atoms with Crippen molar-refractivity contribution in [2.45, 2.75) is 11.8 Å². The van der Waals surface area contributed by atoms with Crippen molar-refractivity contribution in [2.24, 2.45) is 0 Å². The molecule has 6 nitrogen and oxygen atoms in total. The van der Waals surface area contributed by atoms with Gasteiger partial charge >= 0.3 is 0 Å². The van der Waals surface area contributed by atoms with Crippen LogP contribution in [0.15, 0.2) is 59.8 Å². The summed E-state index contributed by atoms with van der Waals surface area (Å²) in [5.41, 5.74) is 0. The van der Waals surface area contributed by atoms with E-state index in [2.05, 4.69) is 27.9 Å². The minimum absolute atomic E-state index is 0.350. The Labute approximate surface area is 173 Å². The predicted molar refractivity (Wildman–Crippen MR) is 117 cm³/mol. The first-order valence-corrected chi connectivity index (χ1v) is 11.7. The molecule has 1 saturated heterocycles. The molecule has 0 N–H and O–H groups in total. The molecular weight excluding hydrogens is 404 g/mol. The van der Waals surface area contributed by atoms with E-state index in [1.54, 1.807) is 34.1 Å². The highest BCUT2D eigenvalue weighted by molar-refractivity contribution is 7.89. The lowest BCUT2D eigenvalue weighted by Gasteiger charge is -2.34. The molecule has 0 saturated carbocycles. The summed E-state index contributed by atoms with van der Waals surface area (Å²) in [5.74, 6) is 0.891. The third-order valence-electron chi connectivity index (χ3n) is 5.33. The van der Waals surface area contributed by atoms with E-state index in [0.29, 0.717) is 31.1 Å². The maximum absolute atomic E-state index is 13.2. The fourth-order valence-corrected chi connectivity index (χ4v) is 6.13. The van der Waals surface area contributed by atoms with Crippen molar-refractivity contribution in [2.75, 3.05) is 31.1 Å². The highest BCUT2D eigenvalue weighted by Crippen LogP contribution is 2.31. The van der Waals surface area contributed by atoms with E-state index >= 15 is 0 Å². The van der Waals surface area contributed by atoms with E-state index in [0.717, 1.165) is 26.8 Å². The molecule has 1 aliphatic heterocycles. The maximum atomic E-state index is 13.2. The summed E-state index contributed by atoms with van der Waals surface area (Å²) in [6.07, 6.45) is 1.59. The Morgan fingerprint density at radius 3 is 2.48 bits per heavy atom. The van der Waals surface area contributed by atoms with Crippen LogP contribution in [0.3, 0.4) is 0 Å². The number of rotatable bonds is 3. The molecule has 1 aliphatic rings. The van der Waals surface area contributed by atoms with Gasteiger partial charge in [-0.1, -0.05) is 30.3 Å². The minimum atomic E-state index is -3.52. The standard InChI is InChI=1S/C21H20N4O2S2/c1-15-12-19-20(22-14-23-21(19)28-15)24-8-10-25(11-9-24)29(26,27)18-7-6-16-4-2-3-5-17(16)13-18/h2-7,12-14H,8-11H2,1H3. The van der Waals surface area contributed by atoms with Crippen molar-refractivity contribution < 1.29 is 8.42 Å². The second-order valence-electron chi connectivity index (χ2n) is 7.17. The van der Waals surface area contributed by atoms with Gasteiger partial charge in [0, 0.05) is 31.1 Å². The Bertz CT molecular complexity index is 1310. The van der Waals surface area contributed by atoms with Crippen molar-refractivity contribution >= 4 is 48.2 Å². The lowest BCUT2D eigenvalue weighted by Crippen LogP contribution is -2.49. The largest absolute Gasteiger partial charge is 0.353 e. The molecule has 4 aromatic rings. The van der Waals surface area contributed by atoms with Crippen molar-refractivity contribution in [3.8, 4) is 0 Å². The number of aryl methyl sites for hydroxylation is 1. The lowest BCUT2D eigenvalue weighted by molar-refractivity contribution is 0.384. The van der Waals surface area contributed by atoms with E-state index in [9.17, 15) is 8.42 Å². The molecule has 0 atom stereocenters. The SMILES string of the molecule is Cc1cc2c(N3CCN(S(=O)(=O)c4ccc5ccccc5c4)CC3)ncnc2s1. The summed E-state index contributed by atoms with van der Waals surface area (Å²) in [4.78, 5) is 13.5. The molecule has 0 radical (unpaired) electrons. The second kappa shape index (κ2) is 7.05. The van der Waals surface area contributed by atoms with Gasteiger partial charge in [0.05, 0.1) is 10.3 Å². The highest BCUT2D eigenvalue weighted by atomic mass is 32.2. The van der Waals surface area contributed by atoms with Gasteiger partial charge in [0.15, 0.2) is 0 Å². The lowest BCUT2D eigenvalue weighted by atomic mass is 10.1. The molecule has 8 heteroatoms. The zero-order valence-corrected chi connectivity index (χ0v) is 17.6. The average molecular weight is 425 g/mol. The fourth-order valence-electron chi connectivity index (χ4n) is 3.83. The van der Waals surface area contributed by atoms with Gasteiger partial charge in [0.25, 0.3) is 0 Å². The van der Waals surface area contributed by atoms with E-state index in [-0.39, 0.29) is 0 Å². The molecule has 3 heterocycles. The molecule has 0 aliphatic carbocycles. The Morgan fingerprint density at radius 2 is 1.69 bits per heavy atom. The highest BCUT2D eigenvalue weighted by Gasteiger charge is 2.29. The van der Waals surface area contributed by atoms with Gasteiger partial charge < -0.3 is 4.90 Å². The average Bonchev–Trinajstić information content (AvgIpc) is 3.13. The molecule has 2 aromatic heterocycles. The fraction of sp³-hybridized carbons (Fsp3) is 0.238. The van der Waals surface area contributed by atoms with Gasteiger partial charge in [-0.2, -0.15) is 4.31 Å². The van der Waals surface area contributed by atoms with Gasteiger partial charge in [0.2, 0.25) is 10.0 Å². The summed E-state index contributed by atoms with van der Waals surface area (Å²) in [6, 6.07) is 15.2. The van der Waals surface area contributed by atoms with Crippen LogP contribution in [-0.4, -0.2) is 48.9 Å². The van der Waals surface area contributed by atoms with E-state index in [4.69, 9.17) is 0 Å². The first-order valence-electron chi connectivity index (χ1n) is 9.47. The zero-order valence-electron chi connectivity index (χ0n) is 15.9. The smallest absolute Gasteiger partial charge is 0.243 e. The summed E-state index contributed by atoms with van der Waals surface area (Å²) in [7, 11) is -3.52. The van der Waals surface area contributed by atoms with Crippen molar-refractivity contribution in [1.29, 1.82) is 0 Å². The Hall–Kier alpha value is -2.55. The van der Waals surface area contributed by atoms with E-state index in [1.165, 1.54) is 4.88 Å². The summed E-state index contributed by atoms with van der Waals surface area (Å²) >= 11 is 1.65. The zero-order chi connectivity index (χ0) is 20.0. The van der Waals surface area contributed by atoms with Gasteiger partial charge in [-0.15, -0.1) is 11.3 Å². The molecule has 0 unspecified atom stereocenters. The van der Waals surface area contributed by atoms with Crippen molar-refractivity contribution in [3.05, 3.63) is 59.7 Å². The number of piperazine rings is 1. The summed E-state index contributed by atoms with van der Waals surface area (Å²) in [6.45, 7) is 4.14. The quantitative estimate of drug-likeness (QED) is 0.502. The Morgan fingerprint density at radius 1 is 0.931 bits per heavy atom. The third-order valence-corrected chi connectivity index (χ3v) is 8.18. The third kappa shape index (κ3) is 3.27. The number of sulfonamides is 1. The number of fused-ring (bicyclic) bond motifs is 2. The molecule has 0 amide bonds. The van der Waals surface area contributed by atoms with Crippen LogP contribution in [0, 0.1) is 6.92 Å². The minimum Gasteiger partial charge on any atom is -0.353 e. The van der Waals surface area contributed by atoms with E-state index in [1.807, 2.05) is 30.3 Å². The summed E-state index contributed by atoms with van der Waals surface area (Å²) < 4.78 is 27.9. The first-order chi connectivity index (χ1) is 14.0. The predicted octanol–water partition coefficient (Wildman–Crippen LogP) is 3.66. The molecular formula is C21H20N4O2S2. The number of thiophene rings is 1. The van der Waals surface area contributed by atoms with Gasteiger partial charge in [-0.05, 0) is 35.9 Å². The number of aromatic nitrogens is 2. The molecule has 5 rings (SSSR count). The Kier molecular flexibility index (Phi) is 4.49.